The lowest BCUT2D eigenvalue weighted by atomic mass is 10.1. The minimum Gasteiger partial charge on any atom is -0.387 e. The second-order valence-corrected chi connectivity index (χ2v) is 4.85. The quantitative estimate of drug-likeness (QED) is 0.865. The Kier molecular flexibility index (Phi) is 4.95. The summed E-state index contributed by atoms with van der Waals surface area (Å²) in [7, 11) is 0. The van der Waals surface area contributed by atoms with Crippen LogP contribution in [0.3, 0.4) is 0 Å². The van der Waals surface area contributed by atoms with E-state index >= 15 is 0 Å². The van der Waals surface area contributed by atoms with Crippen molar-refractivity contribution < 1.29 is 14.2 Å². The van der Waals surface area contributed by atoms with E-state index < -0.39 is 11.9 Å². The van der Waals surface area contributed by atoms with Crippen LogP contribution >= 0.6 is 11.6 Å². The smallest absolute Gasteiger partial charge is 0.130 e. The first-order chi connectivity index (χ1) is 8.68. The number of hydrogen-bond donors (Lipinski definition) is 2. The number of aliphatic hydroxyl groups excluding tert-OH is 1. The van der Waals surface area contributed by atoms with E-state index in [0.717, 1.165) is 19.4 Å². The first-order valence-electron chi connectivity index (χ1n) is 6.13. The molecule has 2 atom stereocenters. The minimum absolute atomic E-state index is 0.152. The molecule has 1 saturated heterocycles. The molecule has 1 aromatic rings. The summed E-state index contributed by atoms with van der Waals surface area (Å²) in [6.07, 6.45) is 1.37. The van der Waals surface area contributed by atoms with Crippen molar-refractivity contribution in [3.63, 3.8) is 0 Å². The summed E-state index contributed by atoms with van der Waals surface area (Å²) in [4.78, 5) is 0. The molecule has 18 heavy (non-hydrogen) atoms. The fourth-order valence-corrected chi connectivity index (χ4v) is 2.41. The lowest BCUT2D eigenvalue weighted by Gasteiger charge is -2.16. The van der Waals surface area contributed by atoms with Gasteiger partial charge in [0.15, 0.2) is 0 Å². The summed E-state index contributed by atoms with van der Waals surface area (Å²) in [5, 5.41) is 13.3. The lowest BCUT2D eigenvalue weighted by molar-refractivity contribution is 0.103. The van der Waals surface area contributed by atoms with Crippen LogP contribution < -0.4 is 5.32 Å². The average Bonchev–Trinajstić information content (AvgIpc) is 2.82. The summed E-state index contributed by atoms with van der Waals surface area (Å²) in [5.74, 6) is -0.478. The second-order valence-electron chi connectivity index (χ2n) is 4.44. The zero-order valence-electron chi connectivity index (χ0n) is 10.0. The molecule has 0 radical (unpaired) electrons. The summed E-state index contributed by atoms with van der Waals surface area (Å²) in [5.41, 5.74) is 0.152. The van der Waals surface area contributed by atoms with E-state index in [9.17, 15) is 9.50 Å². The van der Waals surface area contributed by atoms with Gasteiger partial charge < -0.3 is 15.2 Å². The predicted molar refractivity (Wildman–Crippen MR) is 68.2 cm³/mol. The highest BCUT2D eigenvalue weighted by Gasteiger charge is 2.18. The molecule has 0 saturated carbocycles. The van der Waals surface area contributed by atoms with Gasteiger partial charge in [-0.05, 0) is 25.0 Å². The molecule has 2 rings (SSSR count). The topological polar surface area (TPSA) is 41.5 Å². The fraction of sp³-hybridized carbons (Fsp3) is 0.538. The summed E-state index contributed by atoms with van der Waals surface area (Å²) < 4.78 is 19.0. The zero-order valence-corrected chi connectivity index (χ0v) is 10.8. The monoisotopic (exact) mass is 273 g/mol. The third-order valence-corrected chi connectivity index (χ3v) is 3.40. The molecule has 0 aliphatic carbocycles. The predicted octanol–water partition coefficient (Wildman–Crippen LogP) is 2.28. The van der Waals surface area contributed by atoms with Gasteiger partial charge in [-0.2, -0.15) is 0 Å². The molecule has 0 aromatic heterocycles. The summed E-state index contributed by atoms with van der Waals surface area (Å²) in [6, 6.07) is 4.39. The van der Waals surface area contributed by atoms with Crippen LogP contribution in [0.4, 0.5) is 4.39 Å². The van der Waals surface area contributed by atoms with E-state index in [1.165, 1.54) is 12.1 Å². The molecule has 100 valence electrons. The molecule has 1 aliphatic heterocycles. The highest BCUT2D eigenvalue weighted by atomic mass is 35.5. The van der Waals surface area contributed by atoms with Crippen molar-refractivity contribution in [3.8, 4) is 0 Å². The van der Waals surface area contributed by atoms with E-state index in [1.807, 2.05) is 0 Å². The molecule has 2 unspecified atom stereocenters. The third kappa shape index (κ3) is 3.42. The lowest BCUT2D eigenvalue weighted by Crippen LogP contribution is -2.30. The first-order valence-corrected chi connectivity index (χ1v) is 6.50. The van der Waals surface area contributed by atoms with Gasteiger partial charge >= 0.3 is 0 Å². The van der Waals surface area contributed by atoms with Gasteiger partial charge in [-0.1, -0.05) is 17.7 Å². The van der Waals surface area contributed by atoms with Crippen LogP contribution in [0, 0.1) is 5.82 Å². The molecule has 3 nitrogen and oxygen atoms in total. The van der Waals surface area contributed by atoms with Crippen LogP contribution in [-0.4, -0.2) is 30.9 Å². The highest BCUT2D eigenvalue weighted by Crippen LogP contribution is 2.25. The Labute approximate surface area is 111 Å². The van der Waals surface area contributed by atoms with Crippen molar-refractivity contribution in [2.24, 2.45) is 0 Å². The third-order valence-electron chi connectivity index (χ3n) is 3.07. The van der Waals surface area contributed by atoms with Gasteiger partial charge in [0.05, 0.1) is 12.2 Å². The van der Waals surface area contributed by atoms with Crippen molar-refractivity contribution in [1.82, 2.24) is 5.32 Å². The highest BCUT2D eigenvalue weighted by molar-refractivity contribution is 6.31. The van der Waals surface area contributed by atoms with Gasteiger partial charge in [0.25, 0.3) is 0 Å². The first kappa shape index (κ1) is 13.7. The van der Waals surface area contributed by atoms with Crippen LogP contribution in [-0.2, 0) is 4.74 Å². The molecule has 0 bridgehead atoms. The minimum atomic E-state index is -0.944. The van der Waals surface area contributed by atoms with E-state index in [-0.39, 0.29) is 23.2 Å². The Balaban J connectivity index is 1.85. The molecule has 2 N–H and O–H groups in total. The number of ether oxygens (including phenoxy) is 1. The molecule has 0 amide bonds. The number of aliphatic hydroxyl groups is 1. The molecule has 1 aliphatic rings. The molecule has 0 spiro atoms. The molecule has 1 fully saturated rings. The Morgan fingerprint density at radius 2 is 2.39 bits per heavy atom. The van der Waals surface area contributed by atoms with E-state index in [0.29, 0.717) is 6.54 Å². The summed E-state index contributed by atoms with van der Waals surface area (Å²) in [6.45, 7) is 1.73. The molecule has 1 aromatic carbocycles. The number of rotatable bonds is 5. The number of benzene rings is 1. The zero-order chi connectivity index (χ0) is 13.0. The standard InChI is InChI=1S/C13H17ClFNO2/c14-10-4-1-5-11(15)13(10)12(17)8-16-7-9-3-2-6-18-9/h1,4-5,9,12,16-17H,2-3,6-8H2. The van der Waals surface area contributed by atoms with Crippen LogP contribution in [0.15, 0.2) is 18.2 Å². The molecular weight excluding hydrogens is 257 g/mol. The molecular formula is C13H17ClFNO2. The van der Waals surface area contributed by atoms with Crippen LogP contribution in [0.25, 0.3) is 0 Å². The van der Waals surface area contributed by atoms with Gasteiger partial charge in [-0.25, -0.2) is 4.39 Å². The SMILES string of the molecule is OC(CNCC1CCCO1)c1c(F)cccc1Cl. The van der Waals surface area contributed by atoms with Gasteiger partial charge in [-0.15, -0.1) is 0 Å². The van der Waals surface area contributed by atoms with Crippen molar-refractivity contribution in [2.75, 3.05) is 19.7 Å². The van der Waals surface area contributed by atoms with E-state index in [4.69, 9.17) is 16.3 Å². The van der Waals surface area contributed by atoms with Crippen molar-refractivity contribution in [1.29, 1.82) is 0 Å². The maximum Gasteiger partial charge on any atom is 0.130 e. The van der Waals surface area contributed by atoms with Gasteiger partial charge in [0, 0.05) is 30.3 Å². The number of nitrogens with one attached hydrogen (secondary N) is 1. The van der Waals surface area contributed by atoms with Crippen LogP contribution in [0.2, 0.25) is 5.02 Å². The molecule has 1 heterocycles. The van der Waals surface area contributed by atoms with Crippen molar-refractivity contribution in [2.45, 2.75) is 25.0 Å². The Morgan fingerprint density at radius 1 is 1.56 bits per heavy atom. The van der Waals surface area contributed by atoms with Gasteiger partial charge in [0.1, 0.15) is 5.82 Å². The van der Waals surface area contributed by atoms with E-state index in [2.05, 4.69) is 5.32 Å². The normalized spacial score (nSPS) is 21.2. The van der Waals surface area contributed by atoms with Gasteiger partial charge in [-0.3, -0.25) is 0 Å². The largest absolute Gasteiger partial charge is 0.387 e. The fourth-order valence-electron chi connectivity index (χ4n) is 2.12. The van der Waals surface area contributed by atoms with E-state index in [1.54, 1.807) is 6.07 Å². The maximum absolute atomic E-state index is 13.5. The molecule has 5 heteroatoms. The van der Waals surface area contributed by atoms with Crippen molar-refractivity contribution in [3.05, 3.63) is 34.6 Å². The number of halogens is 2. The van der Waals surface area contributed by atoms with Gasteiger partial charge in [0.2, 0.25) is 0 Å². The summed E-state index contributed by atoms with van der Waals surface area (Å²) >= 11 is 5.88. The van der Waals surface area contributed by atoms with Crippen molar-refractivity contribution >= 4 is 11.6 Å². The number of hydrogen-bond acceptors (Lipinski definition) is 3. The average molecular weight is 274 g/mol. The Morgan fingerprint density at radius 3 is 3.06 bits per heavy atom. The van der Waals surface area contributed by atoms with Crippen LogP contribution in [0.5, 0.6) is 0 Å². The van der Waals surface area contributed by atoms with Crippen LogP contribution in [0.1, 0.15) is 24.5 Å². The Bertz CT molecular complexity index is 376. The second kappa shape index (κ2) is 6.48. The maximum atomic E-state index is 13.5. The Hall–Kier alpha value is -0.680.